The van der Waals surface area contributed by atoms with Crippen molar-refractivity contribution in [2.75, 3.05) is 31.1 Å². The van der Waals surface area contributed by atoms with Crippen LogP contribution in [-0.4, -0.2) is 47.8 Å². The van der Waals surface area contributed by atoms with E-state index in [1.54, 1.807) is 6.20 Å². The number of pyridine rings is 1. The van der Waals surface area contributed by atoms with Crippen LogP contribution in [0.2, 0.25) is 0 Å². The standard InChI is InChI=1S/C29H35N3O2/c1-4-8-29(34)32-15-13-31(14-16-32)23-11-12-27-25(19-23)24(18-22-9-6-5-7-10-22)26(20-30-27)28(33)17-21(2)3/h5-7,9-12,19-21H,4,8,13-18H2,1-3H3. The number of carbonyl (C=O) groups excluding carboxylic acids is 2. The van der Waals surface area contributed by atoms with E-state index in [0.29, 0.717) is 25.2 Å². The van der Waals surface area contributed by atoms with Crippen molar-refractivity contribution >= 4 is 28.3 Å². The topological polar surface area (TPSA) is 53.5 Å². The van der Waals surface area contributed by atoms with E-state index in [-0.39, 0.29) is 11.7 Å². The van der Waals surface area contributed by atoms with E-state index in [2.05, 4.69) is 54.1 Å². The zero-order valence-electron chi connectivity index (χ0n) is 20.6. The van der Waals surface area contributed by atoms with Crippen LogP contribution in [0.15, 0.2) is 54.7 Å². The van der Waals surface area contributed by atoms with Gasteiger partial charge in [-0.3, -0.25) is 14.6 Å². The number of Topliss-reactive ketones (excluding diaryl/α,β-unsaturated/α-hetero) is 1. The summed E-state index contributed by atoms with van der Waals surface area (Å²) >= 11 is 0. The summed E-state index contributed by atoms with van der Waals surface area (Å²) in [6.07, 6.45) is 4.49. The number of nitrogens with zero attached hydrogens (tertiary/aromatic N) is 3. The molecule has 34 heavy (non-hydrogen) atoms. The second kappa shape index (κ2) is 10.8. The molecule has 0 N–H and O–H groups in total. The third-order valence-electron chi connectivity index (χ3n) is 6.54. The molecule has 5 heteroatoms. The third kappa shape index (κ3) is 5.46. The number of piperazine rings is 1. The number of anilines is 1. The summed E-state index contributed by atoms with van der Waals surface area (Å²) in [4.78, 5) is 34.4. The van der Waals surface area contributed by atoms with E-state index in [4.69, 9.17) is 0 Å². The first-order valence-corrected chi connectivity index (χ1v) is 12.5. The third-order valence-corrected chi connectivity index (χ3v) is 6.54. The van der Waals surface area contributed by atoms with Crippen LogP contribution in [0.25, 0.3) is 10.9 Å². The molecule has 178 valence electrons. The van der Waals surface area contributed by atoms with Crippen molar-refractivity contribution in [3.05, 3.63) is 71.4 Å². The molecule has 1 aliphatic heterocycles. The molecule has 1 fully saturated rings. The van der Waals surface area contributed by atoms with Crippen LogP contribution in [0, 0.1) is 5.92 Å². The molecule has 0 saturated carbocycles. The average Bonchev–Trinajstić information content (AvgIpc) is 2.84. The fraction of sp³-hybridized carbons (Fsp3) is 0.414. The van der Waals surface area contributed by atoms with Gasteiger partial charge < -0.3 is 9.80 Å². The van der Waals surface area contributed by atoms with Gasteiger partial charge in [-0.05, 0) is 48.1 Å². The molecule has 1 aromatic heterocycles. The van der Waals surface area contributed by atoms with E-state index >= 15 is 0 Å². The molecule has 1 aliphatic rings. The van der Waals surface area contributed by atoms with E-state index < -0.39 is 0 Å². The minimum atomic E-state index is 0.156. The van der Waals surface area contributed by atoms with Crippen LogP contribution in [0.5, 0.6) is 0 Å². The quantitative estimate of drug-likeness (QED) is 0.419. The van der Waals surface area contributed by atoms with Gasteiger partial charge in [0.25, 0.3) is 0 Å². The van der Waals surface area contributed by atoms with Gasteiger partial charge in [0, 0.05) is 61.9 Å². The number of rotatable bonds is 8. The highest BCUT2D eigenvalue weighted by Gasteiger charge is 2.22. The second-order valence-corrected chi connectivity index (χ2v) is 9.65. The lowest BCUT2D eigenvalue weighted by Gasteiger charge is -2.36. The minimum Gasteiger partial charge on any atom is -0.368 e. The minimum absolute atomic E-state index is 0.156. The Morgan fingerprint density at radius 2 is 1.74 bits per heavy atom. The summed E-state index contributed by atoms with van der Waals surface area (Å²) in [6, 6.07) is 16.7. The van der Waals surface area contributed by atoms with Gasteiger partial charge in [-0.15, -0.1) is 0 Å². The molecule has 5 nitrogen and oxygen atoms in total. The SMILES string of the molecule is CCCC(=O)N1CCN(c2ccc3ncc(C(=O)CC(C)C)c(Cc4ccccc4)c3c2)CC1. The molecule has 0 radical (unpaired) electrons. The van der Waals surface area contributed by atoms with Crippen LogP contribution in [0.1, 0.15) is 61.5 Å². The van der Waals surface area contributed by atoms with Crippen LogP contribution in [0.3, 0.4) is 0 Å². The summed E-state index contributed by atoms with van der Waals surface area (Å²) in [7, 11) is 0. The van der Waals surface area contributed by atoms with E-state index in [1.807, 2.05) is 30.0 Å². The van der Waals surface area contributed by atoms with Gasteiger partial charge in [-0.25, -0.2) is 0 Å². The number of hydrogen-bond acceptors (Lipinski definition) is 4. The van der Waals surface area contributed by atoms with Crippen molar-refractivity contribution in [3.63, 3.8) is 0 Å². The first kappa shape index (κ1) is 23.9. The van der Waals surface area contributed by atoms with E-state index in [1.165, 1.54) is 5.56 Å². The number of ketones is 1. The molecule has 0 unspecified atom stereocenters. The van der Waals surface area contributed by atoms with Crippen LogP contribution < -0.4 is 4.90 Å². The number of carbonyl (C=O) groups is 2. The lowest BCUT2D eigenvalue weighted by molar-refractivity contribution is -0.131. The maximum atomic E-state index is 13.2. The maximum absolute atomic E-state index is 13.2. The van der Waals surface area contributed by atoms with Gasteiger partial charge in [0.1, 0.15) is 0 Å². The second-order valence-electron chi connectivity index (χ2n) is 9.65. The Balaban J connectivity index is 1.68. The molecule has 3 aromatic rings. The van der Waals surface area contributed by atoms with Gasteiger partial charge in [0.15, 0.2) is 5.78 Å². The molecular formula is C29H35N3O2. The van der Waals surface area contributed by atoms with Crippen LogP contribution >= 0.6 is 0 Å². The predicted octanol–water partition coefficient (Wildman–Crippen LogP) is 5.50. The van der Waals surface area contributed by atoms with Crippen molar-refractivity contribution in [1.29, 1.82) is 0 Å². The highest BCUT2D eigenvalue weighted by molar-refractivity contribution is 6.02. The fourth-order valence-corrected chi connectivity index (χ4v) is 4.73. The zero-order chi connectivity index (χ0) is 24.1. The highest BCUT2D eigenvalue weighted by atomic mass is 16.2. The summed E-state index contributed by atoms with van der Waals surface area (Å²) in [5.41, 5.74) is 5.01. The van der Waals surface area contributed by atoms with Gasteiger partial charge >= 0.3 is 0 Å². The number of amides is 1. The lowest BCUT2D eigenvalue weighted by atomic mass is 9.92. The molecule has 0 atom stereocenters. The van der Waals surface area contributed by atoms with E-state index in [9.17, 15) is 9.59 Å². The normalized spacial score (nSPS) is 14.1. The number of aromatic nitrogens is 1. The number of hydrogen-bond donors (Lipinski definition) is 0. The first-order valence-electron chi connectivity index (χ1n) is 12.5. The average molecular weight is 458 g/mol. The molecule has 1 amide bonds. The van der Waals surface area contributed by atoms with E-state index in [0.717, 1.165) is 60.3 Å². The molecule has 2 heterocycles. The van der Waals surface area contributed by atoms with Gasteiger partial charge in [0.05, 0.1) is 5.52 Å². The Morgan fingerprint density at radius 1 is 1.00 bits per heavy atom. The smallest absolute Gasteiger partial charge is 0.222 e. The Morgan fingerprint density at radius 3 is 2.41 bits per heavy atom. The Bertz CT molecular complexity index is 1150. The van der Waals surface area contributed by atoms with Crippen molar-refractivity contribution in [3.8, 4) is 0 Å². The first-order chi connectivity index (χ1) is 16.5. The fourth-order valence-electron chi connectivity index (χ4n) is 4.73. The van der Waals surface area contributed by atoms with Gasteiger partial charge in [-0.2, -0.15) is 0 Å². The van der Waals surface area contributed by atoms with Crippen molar-refractivity contribution in [1.82, 2.24) is 9.88 Å². The molecule has 4 rings (SSSR count). The summed E-state index contributed by atoms with van der Waals surface area (Å²) in [5, 5.41) is 1.04. The molecule has 0 bridgehead atoms. The Hall–Kier alpha value is -3.21. The Kier molecular flexibility index (Phi) is 7.61. The Labute approximate surface area is 202 Å². The zero-order valence-corrected chi connectivity index (χ0v) is 20.6. The monoisotopic (exact) mass is 457 g/mol. The molecular weight excluding hydrogens is 422 g/mol. The summed E-state index contributed by atoms with van der Waals surface area (Å²) < 4.78 is 0. The van der Waals surface area contributed by atoms with Gasteiger partial charge in [0.2, 0.25) is 5.91 Å². The maximum Gasteiger partial charge on any atom is 0.222 e. The molecule has 0 aliphatic carbocycles. The van der Waals surface area contributed by atoms with Crippen LogP contribution in [0.4, 0.5) is 5.69 Å². The van der Waals surface area contributed by atoms with Crippen molar-refractivity contribution < 1.29 is 9.59 Å². The van der Waals surface area contributed by atoms with Crippen LogP contribution in [-0.2, 0) is 11.2 Å². The predicted molar refractivity (Wildman–Crippen MR) is 138 cm³/mol. The number of benzene rings is 2. The summed E-state index contributed by atoms with van der Waals surface area (Å²) in [5.74, 6) is 0.706. The lowest BCUT2D eigenvalue weighted by Crippen LogP contribution is -2.48. The molecule has 1 saturated heterocycles. The van der Waals surface area contributed by atoms with Crippen molar-refractivity contribution in [2.45, 2.75) is 46.5 Å². The van der Waals surface area contributed by atoms with Gasteiger partial charge in [-0.1, -0.05) is 51.1 Å². The highest BCUT2D eigenvalue weighted by Crippen LogP contribution is 2.29. The molecule has 0 spiro atoms. The number of fused-ring (bicyclic) bond motifs is 1. The van der Waals surface area contributed by atoms with Crippen molar-refractivity contribution in [2.24, 2.45) is 5.92 Å². The summed E-state index contributed by atoms with van der Waals surface area (Å²) in [6.45, 7) is 9.32. The largest absolute Gasteiger partial charge is 0.368 e. The molecule has 2 aromatic carbocycles.